The minimum absolute atomic E-state index is 0.0477. The highest BCUT2D eigenvalue weighted by Gasteiger charge is 2.72. The van der Waals surface area contributed by atoms with Crippen molar-refractivity contribution in [3.8, 4) is 0 Å². The predicted molar refractivity (Wildman–Crippen MR) is 75.5 cm³/mol. The lowest BCUT2D eigenvalue weighted by Gasteiger charge is -2.62. The van der Waals surface area contributed by atoms with E-state index >= 15 is 0 Å². The number of nitrogens with two attached hydrogens (primary N) is 1. The molecule has 21 heavy (non-hydrogen) atoms. The topological polar surface area (TPSA) is 92.9 Å². The zero-order chi connectivity index (χ0) is 15.4. The summed E-state index contributed by atoms with van der Waals surface area (Å²) in [6.07, 6.45) is 2.22. The van der Waals surface area contributed by atoms with Gasteiger partial charge in [0.2, 0.25) is 5.91 Å². The number of nitrogens with zero attached hydrogens (tertiary/aromatic N) is 1. The molecule has 6 heteroatoms. The summed E-state index contributed by atoms with van der Waals surface area (Å²) in [7, 11) is 0. The summed E-state index contributed by atoms with van der Waals surface area (Å²) in [5.41, 5.74) is 5.22. The van der Waals surface area contributed by atoms with Gasteiger partial charge in [-0.15, -0.1) is 0 Å². The Balaban J connectivity index is 1.80. The number of rotatable bonds is 2. The fourth-order valence-corrected chi connectivity index (χ4v) is 4.44. The van der Waals surface area contributed by atoms with Gasteiger partial charge in [-0.1, -0.05) is 13.8 Å². The van der Waals surface area contributed by atoms with Crippen LogP contribution >= 0.6 is 0 Å². The van der Waals surface area contributed by atoms with Gasteiger partial charge in [-0.05, 0) is 19.3 Å². The smallest absolute Gasteiger partial charge is 0.308 e. The molecule has 4 unspecified atom stereocenters. The van der Waals surface area contributed by atoms with Crippen molar-refractivity contribution in [2.45, 2.75) is 44.8 Å². The van der Waals surface area contributed by atoms with Gasteiger partial charge in [0.05, 0.1) is 12.0 Å². The Labute approximate surface area is 124 Å². The molecule has 2 aliphatic heterocycles. The van der Waals surface area contributed by atoms with E-state index in [-0.39, 0.29) is 24.5 Å². The lowest BCUT2D eigenvalue weighted by atomic mass is 9.47. The van der Waals surface area contributed by atoms with Crippen LogP contribution in [0.15, 0.2) is 0 Å². The van der Waals surface area contributed by atoms with Gasteiger partial charge in [0, 0.05) is 31.0 Å². The third-order valence-electron chi connectivity index (χ3n) is 5.87. The van der Waals surface area contributed by atoms with Crippen LogP contribution < -0.4 is 5.73 Å². The number of piperidine rings is 1. The molecule has 0 bridgehead atoms. The van der Waals surface area contributed by atoms with Crippen molar-refractivity contribution in [3.05, 3.63) is 0 Å². The summed E-state index contributed by atoms with van der Waals surface area (Å²) < 4.78 is 5.71. The highest BCUT2D eigenvalue weighted by atomic mass is 16.5. The van der Waals surface area contributed by atoms with Crippen LogP contribution in [0.5, 0.6) is 0 Å². The molecular weight excluding hydrogens is 272 g/mol. The number of carbonyl (C=O) groups excluding carboxylic acids is 1. The first kappa shape index (κ1) is 14.8. The Morgan fingerprint density at radius 3 is 2.71 bits per heavy atom. The molecule has 0 radical (unpaired) electrons. The molecule has 0 aromatic rings. The van der Waals surface area contributed by atoms with Crippen LogP contribution in [0, 0.1) is 17.3 Å². The second kappa shape index (κ2) is 4.68. The van der Waals surface area contributed by atoms with E-state index in [1.165, 1.54) is 0 Å². The van der Waals surface area contributed by atoms with Gasteiger partial charge < -0.3 is 20.5 Å². The van der Waals surface area contributed by atoms with E-state index < -0.39 is 22.8 Å². The molecule has 3 aliphatic rings. The van der Waals surface area contributed by atoms with Crippen LogP contribution in [0.25, 0.3) is 0 Å². The molecule has 118 valence electrons. The van der Waals surface area contributed by atoms with Gasteiger partial charge in [-0.3, -0.25) is 9.59 Å². The number of aliphatic carboxylic acids is 1. The largest absolute Gasteiger partial charge is 0.481 e. The van der Waals surface area contributed by atoms with Crippen molar-refractivity contribution in [2.24, 2.45) is 23.0 Å². The predicted octanol–water partition coefficient (Wildman–Crippen LogP) is 0.452. The second-order valence-corrected chi connectivity index (χ2v) is 7.21. The average Bonchev–Trinajstić information content (AvgIpc) is 2.94. The number of likely N-dealkylation sites (tertiary alicyclic amines) is 1. The van der Waals surface area contributed by atoms with Crippen molar-refractivity contribution in [1.82, 2.24) is 4.90 Å². The number of carbonyl (C=O) groups is 2. The van der Waals surface area contributed by atoms with E-state index in [1.807, 2.05) is 13.8 Å². The van der Waals surface area contributed by atoms with Gasteiger partial charge in [0.25, 0.3) is 0 Å². The number of amides is 1. The lowest BCUT2D eigenvalue weighted by Crippen LogP contribution is -2.80. The van der Waals surface area contributed by atoms with Crippen LogP contribution in [-0.4, -0.2) is 53.2 Å². The number of ether oxygens (including phenoxy) is 1. The Bertz CT molecular complexity index is 478. The molecule has 1 amide bonds. The summed E-state index contributed by atoms with van der Waals surface area (Å²) >= 11 is 0. The number of hydrogen-bond donors (Lipinski definition) is 2. The first-order chi connectivity index (χ1) is 9.80. The van der Waals surface area contributed by atoms with Crippen LogP contribution in [0.4, 0.5) is 0 Å². The van der Waals surface area contributed by atoms with Gasteiger partial charge in [0.15, 0.2) is 0 Å². The maximum Gasteiger partial charge on any atom is 0.308 e. The molecule has 3 N–H and O–H groups in total. The van der Waals surface area contributed by atoms with E-state index in [0.717, 1.165) is 12.8 Å². The monoisotopic (exact) mass is 296 g/mol. The molecule has 1 saturated carbocycles. The summed E-state index contributed by atoms with van der Waals surface area (Å²) in [5, 5.41) is 9.18. The Morgan fingerprint density at radius 2 is 2.05 bits per heavy atom. The highest BCUT2D eigenvalue weighted by Crippen LogP contribution is 2.58. The van der Waals surface area contributed by atoms with Gasteiger partial charge >= 0.3 is 5.97 Å². The van der Waals surface area contributed by atoms with Gasteiger partial charge in [0.1, 0.15) is 5.54 Å². The zero-order valence-corrected chi connectivity index (χ0v) is 12.7. The quantitative estimate of drug-likeness (QED) is 0.772. The Morgan fingerprint density at radius 1 is 1.33 bits per heavy atom. The molecule has 6 nitrogen and oxygen atoms in total. The normalized spacial score (nSPS) is 41.3. The average molecular weight is 296 g/mol. The van der Waals surface area contributed by atoms with Crippen molar-refractivity contribution < 1.29 is 19.4 Å². The van der Waals surface area contributed by atoms with Crippen LogP contribution in [0.3, 0.4) is 0 Å². The summed E-state index contributed by atoms with van der Waals surface area (Å²) in [6, 6.07) is 0. The molecule has 3 fully saturated rings. The third kappa shape index (κ3) is 1.85. The molecule has 2 heterocycles. The fraction of sp³-hybridized carbons (Fsp3) is 0.867. The number of carboxylic acid groups (broad SMARTS) is 1. The SMILES string of the molecule is CC1(C)C2OCCC2C1(N)C(=O)N1CCCC(C(=O)O)C1. The summed E-state index contributed by atoms with van der Waals surface area (Å²) in [6.45, 7) is 5.51. The first-order valence-corrected chi connectivity index (χ1v) is 7.73. The van der Waals surface area contributed by atoms with E-state index in [9.17, 15) is 14.7 Å². The fourth-order valence-electron chi connectivity index (χ4n) is 4.44. The Kier molecular flexibility index (Phi) is 3.29. The highest BCUT2D eigenvalue weighted by molar-refractivity contribution is 5.90. The zero-order valence-electron chi connectivity index (χ0n) is 12.7. The van der Waals surface area contributed by atoms with Crippen molar-refractivity contribution >= 4 is 11.9 Å². The molecule has 3 rings (SSSR count). The van der Waals surface area contributed by atoms with Gasteiger partial charge in [-0.2, -0.15) is 0 Å². The molecule has 0 spiro atoms. The van der Waals surface area contributed by atoms with Crippen molar-refractivity contribution in [2.75, 3.05) is 19.7 Å². The molecule has 1 aliphatic carbocycles. The summed E-state index contributed by atoms with van der Waals surface area (Å²) in [5.74, 6) is -1.32. The third-order valence-corrected chi connectivity index (χ3v) is 5.87. The molecule has 0 aromatic heterocycles. The van der Waals surface area contributed by atoms with Crippen LogP contribution in [-0.2, 0) is 14.3 Å². The van der Waals surface area contributed by atoms with Crippen LogP contribution in [0.2, 0.25) is 0 Å². The second-order valence-electron chi connectivity index (χ2n) is 7.21. The maximum atomic E-state index is 13.0. The molecule has 0 aromatic carbocycles. The molecule has 2 saturated heterocycles. The maximum absolute atomic E-state index is 13.0. The van der Waals surface area contributed by atoms with Crippen LogP contribution in [0.1, 0.15) is 33.1 Å². The van der Waals surface area contributed by atoms with Gasteiger partial charge in [-0.25, -0.2) is 0 Å². The Hall–Kier alpha value is -1.14. The first-order valence-electron chi connectivity index (χ1n) is 7.73. The minimum atomic E-state index is -0.922. The lowest BCUT2D eigenvalue weighted by molar-refractivity contribution is -0.186. The molecular formula is C15H24N2O4. The minimum Gasteiger partial charge on any atom is -0.481 e. The van der Waals surface area contributed by atoms with Crippen molar-refractivity contribution in [1.29, 1.82) is 0 Å². The van der Waals surface area contributed by atoms with E-state index in [0.29, 0.717) is 19.6 Å². The molecule has 4 atom stereocenters. The number of fused-ring (bicyclic) bond motifs is 1. The van der Waals surface area contributed by atoms with E-state index in [2.05, 4.69) is 0 Å². The number of hydrogen-bond acceptors (Lipinski definition) is 4. The number of carboxylic acids is 1. The summed E-state index contributed by atoms with van der Waals surface area (Å²) in [4.78, 5) is 25.8. The van der Waals surface area contributed by atoms with E-state index in [4.69, 9.17) is 10.5 Å². The van der Waals surface area contributed by atoms with Crippen molar-refractivity contribution in [3.63, 3.8) is 0 Å². The standard InChI is InChI=1S/C15H24N2O4/c1-14(2)11-10(5-7-21-11)15(14,16)13(20)17-6-3-4-9(8-17)12(18)19/h9-11H,3-8,16H2,1-2H3,(H,18,19). The van der Waals surface area contributed by atoms with E-state index in [1.54, 1.807) is 4.90 Å².